The molecule has 4 atom stereocenters. The third-order valence-electron chi connectivity index (χ3n) is 21.0. The van der Waals surface area contributed by atoms with E-state index in [1.165, 1.54) is 0 Å². The number of aromatic nitrogens is 9. The van der Waals surface area contributed by atoms with Gasteiger partial charge in [0.1, 0.15) is 50.6 Å². The number of piperazine rings is 3. The first-order valence-corrected chi connectivity index (χ1v) is 32.9. The predicted molar refractivity (Wildman–Crippen MR) is 360 cm³/mol. The molecule has 9 aromatic heterocycles. The minimum absolute atomic E-state index is 0.0417. The lowest BCUT2D eigenvalue weighted by Crippen LogP contribution is -2.65. The number of nitrogens with one attached hydrogen (secondary N) is 2. The summed E-state index contributed by atoms with van der Waals surface area (Å²) in [6.45, 7) is 14.6. The van der Waals surface area contributed by atoms with Crippen LogP contribution < -0.4 is 27.8 Å². The van der Waals surface area contributed by atoms with Crippen molar-refractivity contribution in [2.75, 3.05) is 116 Å². The van der Waals surface area contributed by atoms with Gasteiger partial charge in [-0.3, -0.25) is 42.3 Å². The van der Waals surface area contributed by atoms with Gasteiger partial charge in [0, 0.05) is 164 Å². The fraction of sp³-hybridized carbons (Fsp3) is 0.348. The Labute approximate surface area is 549 Å². The Kier molecular flexibility index (Phi) is 13.6. The number of pyridine rings is 3. The summed E-state index contributed by atoms with van der Waals surface area (Å²) < 4.78 is 22.6. The Hall–Kier alpha value is -10.3. The number of amides is 3. The van der Waals surface area contributed by atoms with Gasteiger partial charge in [-0.25, -0.2) is 15.0 Å². The second-order valence-corrected chi connectivity index (χ2v) is 27.0. The third-order valence-corrected chi connectivity index (χ3v) is 21.0. The van der Waals surface area contributed by atoms with Crippen molar-refractivity contribution in [1.82, 2.24) is 88.0 Å². The normalized spacial score (nSPS) is 21.6. The van der Waals surface area contributed by atoms with Crippen molar-refractivity contribution in [2.24, 2.45) is 0 Å². The molecule has 6 saturated heterocycles. The highest BCUT2D eigenvalue weighted by Crippen LogP contribution is 2.37. The first-order chi connectivity index (χ1) is 46.6. The Morgan fingerprint density at radius 2 is 0.917 bits per heavy atom. The SMILES string of the molecule is C[C@@H]1CN(C2CN(C(=O)c3cnc4c(C5CN(C6CN(C(=O)c7cnc8ccc(-c9ccc%10oc(N)nc%10c9)cn78)C6)CCN5)cc(-c5ccc6oc(N)nc6c5)cn34)C2)CC(c2cc(-c3ccc4oc(N)nc4c3)cn3c(C(=O)N4CC(N5CCN(C)[C@@H](C)C5)C4)cnc23)N1. The minimum Gasteiger partial charge on any atom is -0.424 e. The number of carbonyl (C=O) groups excluding carboxylic acids is 3. The smallest absolute Gasteiger partial charge is 0.292 e. The fourth-order valence-electron chi connectivity index (χ4n) is 15.4. The molecule has 6 aliphatic heterocycles. The van der Waals surface area contributed by atoms with Crippen LogP contribution in [-0.2, 0) is 0 Å². The summed E-state index contributed by atoms with van der Waals surface area (Å²) in [5, 5.41) is 7.69. The number of fused-ring (bicyclic) bond motifs is 6. The Morgan fingerprint density at radius 1 is 0.469 bits per heavy atom. The van der Waals surface area contributed by atoms with E-state index in [1.54, 1.807) is 18.6 Å². The van der Waals surface area contributed by atoms with Crippen molar-refractivity contribution < 1.29 is 27.6 Å². The van der Waals surface area contributed by atoms with Gasteiger partial charge in [0.05, 0.1) is 18.6 Å². The molecule has 27 heteroatoms. The van der Waals surface area contributed by atoms with Gasteiger partial charge >= 0.3 is 0 Å². The van der Waals surface area contributed by atoms with Crippen molar-refractivity contribution >= 4 is 86.0 Å². The molecule has 2 unspecified atom stereocenters. The molecule has 488 valence electrons. The van der Waals surface area contributed by atoms with Crippen LogP contribution in [-0.4, -0.2) is 224 Å². The van der Waals surface area contributed by atoms with E-state index in [0.717, 1.165) is 77.2 Å². The van der Waals surface area contributed by atoms with E-state index in [9.17, 15) is 9.59 Å². The number of likely N-dealkylation sites (tertiary alicyclic amines) is 3. The Bertz CT molecular complexity index is 5120. The van der Waals surface area contributed by atoms with E-state index >= 15 is 4.79 Å². The molecule has 0 spiro atoms. The highest BCUT2D eigenvalue weighted by molar-refractivity contribution is 5.96. The number of hydrogen-bond acceptors (Lipinski definition) is 21. The average Bonchev–Trinajstić information content (AvgIpc) is 1.53. The number of carbonyl (C=O) groups is 3. The maximum absolute atomic E-state index is 15.1. The molecular formula is C69H71N21O6. The largest absolute Gasteiger partial charge is 0.424 e. The molecule has 12 aromatic rings. The summed E-state index contributed by atoms with van der Waals surface area (Å²) in [5.41, 5.74) is 32.4. The van der Waals surface area contributed by atoms with Crippen molar-refractivity contribution in [3.63, 3.8) is 0 Å². The van der Waals surface area contributed by atoms with Gasteiger partial charge in [0.25, 0.3) is 35.8 Å². The molecule has 0 saturated carbocycles. The fourth-order valence-corrected chi connectivity index (χ4v) is 15.4. The van der Waals surface area contributed by atoms with Crippen LogP contribution in [0, 0.1) is 0 Å². The zero-order valence-electron chi connectivity index (χ0n) is 53.2. The summed E-state index contributed by atoms with van der Waals surface area (Å²) >= 11 is 0. The number of nitrogens with two attached hydrogens (primary N) is 3. The van der Waals surface area contributed by atoms with Gasteiger partial charge < -0.3 is 60.7 Å². The van der Waals surface area contributed by atoms with Crippen LogP contribution in [0.15, 0.2) is 129 Å². The number of imidazole rings is 3. The van der Waals surface area contributed by atoms with Crippen molar-refractivity contribution in [1.29, 1.82) is 0 Å². The van der Waals surface area contributed by atoms with Crippen LogP contribution in [0.25, 0.3) is 83.6 Å². The van der Waals surface area contributed by atoms with E-state index in [4.69, 9.17) is 40.4 Å². The van der Waals surface area contributed by atoms with Gasteiger partial charge in [0.15, 0.2) is 16.7 Å². The molecule has 0 bridgehead atoms. The monoisotopic (exact) mass is 1290 g/mol. The lowest BCUT2D eigenvalue weighted by atomic mass is 9.96. The molecule has 3 aromatic carbocycles. The summed E-state index contributed by atoms with van der Waals surface area (Å²) in [6, 6.07) is 26.6. The van der Waals surface area contributed by atoms with E-state index in [-0.39, 0.29) is 66.0 Å². The van der Waals surface area contributed by atoms with E-state index < -0.39 is 0 Å². The van der Waals surface area contributed by atoms with Crippen LogP contribution in [0.2, 0.25) is 0 Å². The topological polar surface area (TPSA) is 306 Å². The first-order valence-electron chi connectivity index (χ1n) is 32.9. The van der Waals surface area contributed by atoms with Crippen molar-refractivity contribution in [3.05, 3.63) is 144 Å². The zero-order valence-corrected chi connectivity index (χ0v) is 53.2. The van der Waals surface area contributed by atoms with Crippen LogP contribution >= 0.6 is 0 Å². The number of nitrogens with zero attached hydrogens (tertiary/aromatic N) is 16. The van der Waals surface area contributed by atoms with E-state index in [2.05, 4.69) is 83.2 Å². The predicted octanol–water partition coefficient (Wildman–Crippen LogP) is 5.59. The quantitative estimate of drug-likeness (QED) is 0.105. The van der Waals surface area contributed by atoms with Gasteiger partial charge in [-0.1, -0.05) is 18.2 Å². The molecule has 15 heterocycles. The molecule has 3 amide bonds. The molecule has 18 rings (SSSR count). The maximum atomic E-state index is 15.1. The van der Waals surface area contributed by atoms with Gasteiger partial charge in [-0.15, -0.1) is 0 Å². The number of likely N-dealkylation sites (N-methyl/N-ethyl adjacent to an activating group) is 1. The van der Waals surface area contributed by atoms with Gasteiger partial charge in [-0.2, -0.15) is 15.0 Å². The number of hydrogen-bond donors (Lipinski definition) is 5. The Morgan fingerprint density at radius 3 is 1.45 bits per heavy atom. The first kappa shape index (κ1) is 58.3. The lowest BCUT2D eigenvalue weighted by molar-refractivity contribution is -0.00189. The number of benzene rings is 3. The molecule has 96 heavy (non-hydrogen) atoms. The summed E-state index contributed by atoms with van der Waals surface area (Å²) in [6.07, 6.45) is 11.0. The molecular weight excluding hydrogens is 1220 g/mol. The molecule has 27 nitrogen and oxygen atoms in total. The molecule has 6 fully saturated rings. The average molecular weight is 1290 g/mol. The number of rotatable bonds is 11. The highest BCUT2D eigenvalue weighted by atomic mass is 16.4. The molecule has 0 radical (unpaired) electrons. The van der Waals surface area contributed by atoms with E-state index in [0.29, 0.717) is 138 Å². The summed E-state index contributed by atoms with van der Waals surface area (Å²) in [5.74, 6) is -0.238. The van der Waals surface area contributed by atoms with Gasteiger partial charge in [-0.05, 0) is 115 Å². The highest BCUT2D eigenvalue weighted by Gasteiger charge is 2.43. The van der Waals surface area contributed by atoms with Crippen molar-refractivity contribution in [3.8, 4) is 33.4 Å². The van der Waals surface area contributed by atoms with Gasteiger partial charge in [0.2, 0.25) is 0 Å². The number of nitrogen functional groups attached to an aromatic ring is 3. The van der Waals surface area contributed by atoms with Crippen molar-refractivity contribution in [2.45, 2.75) is 56.1 Å². The number of anilines is 3. The zero-order chi connectivity index (χ0) is 64.9. The standard InChI is InChI=1S/C69H71N21O6/c1-37-24-84(36-54(77-37)49-17-44(41-6-10-60-52(20-41)80-69(72)96-60)28-90-57(23-76-63(49)90)65(92)86-31-46(32-86)83-15-14-81(3)38(2)25-83)47-33-87(34-47)66(93)56-22-75-62-48(16-43(27-89(56)62)40-5-9-59-51(19-40)79-68(71)95-59)53-35-82(13-12-73-53)45-29-85(30-45)64(91)55-21-74-61-11-7-42(26-88(55)61)39-4-8-58-50(18-39)78-67(70)94-58/h4-11,16-23,26-28,37-38,45-47,53-54,73,77H,12-15,24-25,29-36H2,1-3H3,(H2,70,78)(H2,71,79)(H2,72,80)/t37-,38+,53?,54?/m1/s1. The number of oxazole rings is 3. The van der Waals surface area contributed by atoms with E-state index in [1.807, 2.05) is 113 Å². The lowest BCUT2D eigenvalue weighted by Gasteiger charge is -2.49. The van der Waals surface area contributed by atoms with Crippen LogP contribution in [0.5, 0.6) is 0 Å². The van der Waals surface area contributed by atoms with Crippen LogP contribution in [0.4, 0.5) is 18.0 Å². The maximum Gasteiger partial charge on any atom is 0.292 e. The summed E-state index contributed by atoms with van der Waals surface area (Å²) in [4.78, 5) is 87.4. The molecule has 6 aliphatic rings. The second kappa shape index (κ2) is 22.4. The second-order valence-electron chi connectivity index (χ2n) is 27.0. The molecule has 0 aliphatic carbocycles. The van der Waals surface area contributed by atoms with Crippen LogP contribution in [0.1, 0.15) is 68.5 Å². The Balaban J connectivity index is 0.589. The van der Waals surface area contributed by atoms with Crippen LogP contribution in [0.3, 0.4) is 0 Å². The minimum atomic E-state index is -0.169. The summed E-state index contributed by atoms with van der Waals surface area (Å²) in [7, 11) is 2.18. The molecule has 8 N–H and O–H groups in total. The third kappa shape index (κ3) is 9.97.